The van der Waals surface area contributed by atoms with Crippen LogP contribution in [-0.2, 0) is 0 Å². The third kappa shape index (κ3) is 4.55. The molecule has 4 N–H and O–H groups in total. The molecule has 0 aliphatic rings. The van der Waals surface area contributed by atoms with Crippen LogP contribution in [-0.4, -0.2) is 81.3 Å². The molecule has 0 radical (unpaired) electrons. The number of nitrogen functional groups attached to an aromatic ring is 1. The van der Waals surface area contributed by atoms with Gasteiger partial charge in [0.05, 0.1) is 11.1 Å². The Bertz CT molecular complexity index is 381. The van der Waals surface area contributed by atoms with Crippen LogP contribution in [0.3, 0.4) is 0 Å². The van der Waals surface area contributed by atoms with E-state index in [2.05, 4.69) is 0 Å². The van der Waals surface area contributed by atoms with Crippen molar-refractivity contribution in [2.75, 3.05) is 5.73 Å². The first-order chi connectivity index (χ1) is 6.02. The average Bonchev–Trinajstić information content (AvgIpc) is 2.03. The molecule has 0 amide bonds. The minimum atomic E-state index is -1.17. The van der Waals surface area contributed by atoms with Crippen LogP contribution in [0.2, 0.25) is 0 Å². The van der Waals surface area contributed by atoms with E-state index in [9.17, 15) is 9.59 Å². The monoisotopic (exact) mass is 229 g/mol. The van der Waals surface area contributed by atoms with Gasteiger partial charge in [0.15, 0.2) is 0 Å². The van der Waals surface area contributed by atoms with Crippen molar-refractivity contribution in [3.05, 3.63) is 29.3 Å². The molecule has 0 atom stereocenters. The molecule has 0 saturated carbocycles. The number of hydrogen-bond acceptors (Lipinski definition) is 3. The first-order valence-electron chi connectivity index (χ1n) is 3.38. The number of rotatable bonds is 2. The van der Waals surface area contributed by atoms with E-state index in [-0.39, 0.29) is 75.9 Å². The maximum atomic E-state index is 10.5. The number of carboxylic acids is 2. The number of carbonyl (C=O) groups is 2. The Kier molecular flexibility index (Phi) is 8.41. The number of aromatic carboxylic acids is 2. The van der Waals surface area contributed by atoms with Crippen LogP contribution in [0.4, 0.5) is 5.69 Å². The zero-order chi connectivity index (χ0) is 10.0. The molecule has 1 rings (SSSR count). The summed E-state index contributed by atoms with van der Waals surface area (Å²) in [6.07, 6.45) is 0. The van der Waals surface area contributed by atoms with Crippen LogP contribution in [0.25, 0.3) is 0 Å². The van der Waals surface area contributed by atoms with E-state index in [0.717, 1.165) is 6.07 Å². The summed E-state index contributed by atoms with van der Waals surface area (Å²) < 4.78 is 0. The van der Waals surface area contributed by atoms with Gasteiger partial charge in [-0.1, -0.05) is 0 Å². The van der Waals surface area contributed by atoms with E-state index >= 15 is 0 Å². The van der Waals surface area contributed by atoms with E-state index < -0.39 is 11.9 Å². The van der Waals surface area contributed by atoms with E-state index in [4.69, 9.17) is 15.9 Å². The first kappa shape index (κ1) is 17.4. The summed E-state index contributed by atoms with van der Waals surface area (Å²) in [5.41, 5.74) is 5.15. The summed E-state index contributed by atoms with van der Waals surface area (Å²) in [7, 11) is 0. The predicted octanol–water partition coefficient (Wildman–Crippen LogP) is -0.632. The average molecular weight is 229 g/mol. The number of nitrogens with two attached hydrogens (primary N) is 1. The Balaban J connectivity index is 0. The molecular formula is C8H9NNa2O4. The molecule has 1 aromatic carbocycles. The van der Waals surface area contributed by atoms with Gasteiger partial charge in [0.2, 0.25) is 0 Å². The van der Waals surface area contributed by atoms with Crippen LogP contribution in [0.5, 0.6) is 0 Å². The maximum absolute atomic E-state index is 10.5. The van der Waals surface area contributed by atoms with E-state index in [1.165, 1.54) is 12.1 Å². The van der Waals surface area contributed by atoms with Crippen LogP contribution < -0.4 is 5.73 Å². The standard InChI is InChI=1S/C8H7NO4.2Na.2H/c9-6-3-4(7(10)11)1-2-5(6)8(12)13;;;;/h1-3H,9H2,(H,10,11)(H,12,13);;;;. The molecule has 7 heteroatoms. The van der Waals surface area contributed by atoms with E-state index in [0.29, 0.717) is 0 Å². The van der Waals surface area contributed by atoms with Crippen molar-refractivity contribution < 1.29 is 19.8 Å². The fourth-order valence-electron chi connectivity index (χ4n) is 0.891. The number of anilines is 1. The predicted molar refractivity (Wildman–Crippen MR) is 59.1 cm³/mol. The molecule has 0 spiro atoms. The fourth-order valence-corrected chi connectivity index (χ4v) is 0.891. The van der Waals surface area contributed by atoms with Crippen molar-refractivity contribution in [1.82, 2.24) is 0 Å². The third-order valence-corrected chi connectivity index (χ3v) is 1.53. The second-order valence-electron chi connectivity index (χ2n) is 2.41. The Morgan fingerprint density at radius 3 is 1.93 bits per heavy atom. The number of benzene rings is 1. The van der Waals surface area contributed by atoms with Gasteiger partial charge in [-0.2, -0.15) is 0 Å². The molecule has 15 heavy (non-hydrogen) atoms. The second-order valence-corrected chi connectivity index (χ2v) is 2.41. The molecule has 0 aliphatic heterocycles. The molecule has 0 saturated heterocycles. The summed E-state index contributed by atoms with van der Waals surface area (Å²) in [5, 5.41) is 17.1. The van der Waals surface area contributed by atoms with Crippen molar-refractivity contribution in [2.24, 2.45) is 0 Å². The molecule has 0 aliphatic carbocycles. The van der Waals surface area contributed by atoms with Crippen molar-refractivity contribution in [2.45, 2.75) is 0 Å². The van der Waals surface area contributed by atoms with Gasteiger partial charge in [0, 0.05) is 5.69 Å². The second kappa shape index (κ2) is 7.27. The quantitative estimate of drug-likeness (QED) is 0.463. The minimum absolute atomic E-state index is 0. The van der Waals surface area contributed by atoms with Gasteiger partial charge >= 0.3 is 71.1 Å². The molecule has 72 valence electrons. The van der Waals surface area contributed by atoms with Gasteiger partial charge in [0.1, 0.15) is 0 Å². The van der Waals surface area contributed by atoms with Gasteiger partial charge in [-0.05, 0) is 18.2 Å². The summed E-state index contributed by atoms with van der Waals surface area (Å²) >= 11 is 0. The normalized spacial score (nSPS) is 8.27. The summed E-state index contributed by atoms with van der Waals surface area (Å²) in [6, 6.07) is 3.48. The molecule has 0 fully saturated rings. The molecule has 5 nitrogen and oxygen atoms in total. The van der Waals surface area contributed by atoms with E-state index in [1.54, 1.807) is 0 Å². The molecule has 0 bridgehead atoms. The van der Waals surface area contributed by atoms with Gasteiger partial charge in [0.25, 0.3) is 0 Å². The van der Waals surface area contributed by atoms with Crippen LogP contribution in [0, 0.1) is 0 Å². The van der Waals surface area contributed by atoms with Gasteiger partial charge in [-0.15, -0.1) is 0 Å². The van der Waals surface area contributed by atoms with Crippen molar-refractivity contribution >= 4 is 76.7 Å². The Morgan fingerprint density at radius 1 is 1.07 bits per heavy atom. The first-order valence-corrected chi connectivity index (χ1v) is 3.38. The number of hydrogen-bond donors (Lipinski definition) is 3. The fraction of sp³-hybridized carbons (Fsp3) is 0. The number of carboxylic acid groups (broad SMARTS) is 2. The summed E-state index contributed by atoms with van der Waals surface area (Å²) in [5.74, 6) is -2.31. The Labute approximate surface area is 130 Å². The summed E-state index contributed by atoms with van der Waals surface area (Å²) in [4.78, 5) is 20.9. The van der Waals surface area contributed by atoms with Crippen molar-refractivity contribution in [3.8, 4) is 0 Å². The van der Waals surface area contributed by atoms with Crippen molar-refractivity contribution in [3.63, 3.8) is 0 Å². The molecular weight excluding hydrogens is 220 g/mol. The topological polar surface area (TPSA) is 101 Å². The SMILES string of the molecule is Nc1cc(C(=O)O)ccc1C(=O)O.[NaH].[NaH]. The third-order valence-electron chi connectivity index (χ3n) is 1.53. The van der Waals surface area contributed by atoms with Crippen molar-refractivity contribution in [1.29, 1.82) is 0 Å². The Hall–Kier alpha value is -0.0400. The summed E-state index contributed by atoms with van der Waals surface area (Å²) in [6.45, 7) is 0. The Morgan fingerprint density at radius 2 is 1.60 bits per heavy atom. The zero-order valence-corrected chi connectivity index (χ0v) is 6.52. The van der Waals surface area contributed by atoms with Gasteiger partial charge in [-0.25, -0.2) is 9.59 Å². The molecule has 1 aromatic rings. The van der Waals surface area contributed by atoms with Gasteiger partial charge in [-0.3, -0.25) is 0 Å². The van der Waals surface area contributed by atoms with Crippen LogP contribution >= 0.6 is 0 Å². The van der Waals surface area contributed by atoms with E-state index in [1.807, 2.05) is 0 Å². The van der Waals surface area contributed by atoms with Crippen LogP contribution in [0.15, 0.2) is 18.2 Å². The van der Waals surface area contributed by atoms with Gasteiger partial charge < -0.3 is 15.9 Å². The zero-order valence-electron chi connectivity index (χ0n) is 6.52. The molecule has 0 aromatic heterocycles. The molecule has 0 unspecified atom stereocenters. The van der Waals surface area contributed by atoms with Crippen LogP contribution in [0.1, 0.15) is 20.7 Å². The molecule has 0 heterocycles.